The molecule has 0 unspecified atom stereocenters. The van der Waals surface area contributed by atoms with Gasteiger partial charge < -0.3 is 15.0 Å². The first-order chi connectivity index (χ1) is 13.3. The molecular weight excluding hydrogens is 362 g/mol. The van der Waals surface area contributed by atoms with E-state index >= 15 is 0 Å². The van der Waals surface area contributed by atoms with Crippen LogP contribution in [0.2, 0.25) is 5.02 Å². The van der Waals surface area contributed by atoms with E-state index < -0.39 is 0 Å². The minimum atomic E-state index is 0.486. The number of benzene rings is 1. The van der Waals surface area contributed by atoms with Crippen LogP contribution in [-0.4, -0.2) is 47.4 Å². The van der Waals surface area contributed by atoms with Gasteiger partial charge in [-0.1, -0.05) is 23.7 Å². The minimum Gasteiger partial charge on any atom is -0.492 e. The van der Waals surface area contributed by atoms with Gasteiger partial charge in [0.2, 0.25) is 0 Å². The summed E-state index contributed by atoms with van der Waals surface area (Å²) in [6, 6.07) is 9.63. The number of anilines is 1. The summed E-state index contributed by atoms with van der Waals surface area (Å²) < 4.78 is 7.92. The summed E-state index contributed by atoms with van der Waals surface area (Å²) in [6.45, 7) is 4.57. The highest BCUT2D eigenvalue weighted by atomic mass is 35.5. The first kappa shape index (κ1) is 16.8. The van der Waals surface area contributed by atoms with Gasteiger partial charge in [-0.2, -0.15) is 9.61 Å². The Labute approximate surface area is 163 Å². The van der Waals surface area contributed by atoms with E-state index in [1.807, 2.05) is 41.0 Å². The third kappa shape index (κ3) is 3.13. The number of fused-ring (bicyclic) bond motifs is 2. The zero-order valence-electron chi connectivity index (χ0n) is 15.1. The highest BCUT2D eigenvalue weighted by molar-refractivity contribution is 6.32. The summed E-state index contributed by atoms with van der Waals surface area (Å²) in [7, 11) is 0. The fourth-order valence-corrected chi connectivity index (χ4v) is 4.15. The molecule has 1 N–H and O–H groups in total. The molecule has 1 aromatic carbocycles. The zero-order chi connectivity index (χ0) is 18.2. The summed E-state index contributed by atoms with van der Waals surface area (Å²) in [5.74, 6) is 2.45. The van der Waals surface area contributed by atoms with Crippen molar-refractivity contribution in [3.05, 3.63) is 52.8 Å². The van der Waals surface area contributed by atoms with E-state index in [1.54, 1.807) is 0 Å². The lowest BCUT2D eigenvalue weighted by Gasteiger charge is -2.41. The van der Waals surface area contributed by atoms with Gasteiger partial charge in [-0.05, 0) is 25.1 Å². The molecule has 140 valence electrons. The standard InChI is InChI=1S/C20H22ClN5O/c21-16-3-1-2-4-18(16)27-13-14-11-25(12-14)20-15-5-8-22-9-6-17(15)24-19-7-10-23-26(19)20/h1-4,7,10,14,22H,5-6,8-9,11-13H2. The molecule has 1 saturated heterocycles. The van der Waals surface area contributed by atoms with Crippen LogP contribution in [0.5, 0.6) is 5.75 Å². The van der Waals surface area contributed by atoms with Crippen LogP contribution in [0.25, 0.3) is 5.65 Å². The molecule has 0 bridgehead atoms. The van der Waals surface area contributed by atoms with Gasteiger partial charge in [-0.3, -0.25) is 0 Å². The molecule has 0 aliphatic carbocycles. The van der Waals surface area contributed by atoms with E-state index in [0.29, 0.717) is 17.5 Å². The predicted octanol–water partition coefficient (Wildman–Crippen LogP) is 2.59. The molecular formula is C20H22ClN5O. The Hall–Kier alpha value is -2.31. The summed E-state index contributed by atoms with van der Waals surface area (Å²) in [4.78, 5) is 7.25. The summed E-state index contributed by atoms with van der Waals surface area (Å²) >= 11 is 6.18. The number of hydrogen-bond acceptors (Lipinski definition) is 5. The van der Waals surface area contributed by atoms with Crippen molar-refractivity contribution >= 4 is 23.1 Å². The Balaban J connectivity index is 1.34. The molecule has 2 aliphatic heterocycles. The summed E-state index contributed by atoms with van der Waals surface area (Å²) in [5, 5.41) is 8.67. The van der Waals surface area contributed by atoms with E-state index in [0.717, 1.165) is 50.4 Å². The molecule has 2 aromatic heterocycles. The van der Waals surface area contributed by atoms with E-state index in [-0.39, 0.29) is 0 Å². The number of nitrogens with zero attached hydrogens (tertiary/aromatic N) is 4. The van der Waals surface area contributed by atoms with Crippen LogP contribution in [0.3, 0.4) is 0 Å². The zero-order valence-corrected chi connectivity index (χ0v) is 15.8. The Morgan fingerprint density at radius 2 is 2.00 bits per heavy atom. The molecule has 0 amide bonds. The molecule has 2 aliphatic rings. The van der Waals surface area contributed by atoms with Crippen LogP contribution < -0.4 is 15.0 Å². The molecule has 3 aromatic rings. The average molecular weight is 384 g/mol. The molecule has 5 rings (SSSR count). The van der Waals surface area contributed by atoms with Crippen LogP contribution in [0.1, 0.15) is 11.3 Å². The third-order valence-corrected chi connectivity index (χ3v) is 5.66. The molecule has 6 nitrogen and oxygen atoms in total. The maximum Gasteiger partial charge on any atom is 0.157 e. The number of ether oxygens (including phenoxy) is 1. The quantitative estimate of drug-likeness (QED) is 0.750. The highest BCUT2D eigenvalue weighted by Crippen LogP contribution is 2.32. The number of rotatable bonds is 4. The van der Waals surface area contributed by atoms with Crippen molar-refractivity contribution in [2.45, 2.75) is 12.8 Å². The van der Waals surface area contributed by atoms with Crippen molar-refractivity contribution in [3.63, 3.8) is 0 Å². The fraction of sp³-hybridized carbons (Fsp3) is 0.400. The van der Waals surface area contributed by atoms with Crippen LogP contribution in [0.15, 0.2) is 36.5 Å². The number of hydrogen-bond donors (Lipinski definition) is 1. The SMILES string of the molecule is Clc1ccccc1OCC1CN(c2c3c(nc4ccnn24)CCNCC3)C1. The van der Waals surface area contributed by atoms with Crippen molar-refractivity contribution < 1.29 is 4.74 Å². The molecule has 0 radical (unpaired) electrons. The van der Waals surface area contributed by atoms with Crippen LogP contribution in [0, 0.1) is 5.92 Å². The topological polar surface area (TPSA) is 54.7 Å². The lowest BCUT2D eigenvalue weighted by Crippen LogP contribution is -2.50. The number of para-hydroxylation sites is 1. The second kappa shape index (κ2) is 7.02. The normalized spacial score (nSPS) is 17.4. The van der Waals surface area contributed by atoms with Gasteiger partial charge in [0, 0.05) is 43.6 Å². The van der Waals surface area contributed by atoms with Crippen LogP contribution >= 0.6 is 11.6 Å². The molecule has 1 fully saturated rings. The molecule has 0 atom stereocenters. The van der Waals surface area contributed by atoms with Crippen molar-refractivity contribution in [3.8, 4) is 5.75 Å². The largest absolute Gasteiger partial charge is 0.492 e. The lowest BCUT2D eigenvalue weighted by atomic mass is 9.99. The highest BCUT2D eigenvalue weighted by Gasteiger charge is 2.32. The first-order valence-electron chi connectivity index (χ1n) is 9.48. The van der Waals surface area contributed by atoms with Crippen LogP contribution in [0.4, 0.5) is 5.82 Å². The molecule has 27 heavy (non-hydrogen) atoms. The monoisotopic (exact) mass is 383 g/mol. The minimum absolute atomic E-state index is 0.486. The van der Waals surface area contributed by atoms with E-state index in [4.69, 9.17) is 21.3 Å². The second-order valence-electron chi connectivity index (χ2n) is 7.22. The van der Waals surface area contributed by atoms with E-state index in [1.165, 1.54) is 17.1 Å². The molecule has 4 heterocycles. The summed E-state index contributed by atoms with van der Waals surface area (Å²) in [6.07, 6.45) is 3.79. The van der Waals surface area contributed by atoms with Crippen molar-refractivity contribution in [1.82, 2.24) is 19.9 Å². The lowest BCUT2D eigenvalue weighted by molar-refractivity contribution is 0.219. The maximum absolute atomic E-state index is 6.18. The van der Waals surface area contributed by atoms with Gasteiger partial charge >= 0.3 is 0 Å². The number of aromatic nitrogens is 3. The average Bonchev–Trinajstić information content (AvgIpc) is 2.98. The number of nitrogens with one attached hydrogen (secondary N) is 1. The van der Waals surface area contributed by atoms with Gasteiger partial charge in [0.25, 0.3) is 0 Å². The van der Waals surface area contributed by atoms with Gasteiger partial charge in [0.05, 0.1) is 23.5 Å². The third-order valence-electron chi connectivity index (χ3n) is 5.35. The van der Waals surface area contributed by atoms with Gasteiger partial charge in [-0.15, -0.1) is 0 Å². The Bertz CT molecular complexity index is 966. The number of halogens is 1. The van der Waals surface area contributed by atoms with Crippen molar-refractivity contribution in [2.75, 3.05) is 37.7 Å². The Morgan fingerprint density at radius 1 is 1.15 bits per heavy atom. The smallest absolute Gasteiger partial charge is 0.157 e. The second-order valence-corrected chi connectivity index (χ2v) is 7.63. The van der Waals surface area contributed by atoms with Crippen molar-refractivity contribution in [1.29, 1.82) is 0 Å². The molecule has 0 saturated carbocycles. The van der Waals surface area contributed by atoms with Gasteiger partial charge in [0.1, 0.15) is 11.6 Å². The Morgan fingerprint density at radius 3 is 2.89 bits per heavy atom. The molecule has 7 heteroatoms. The maximum atomic E-state index is 6.18. The predicted molar refractivity (Wildman–Crippen MR) is 106 cm³/mol. The summed E-state index contributed by atoms with van der Waals surface area (Å²) in [5.41, 5.74) is 3.47. The van der Waals surface area contributed by atoms with Crippen LogP contribution in [-0.2, 0) is 12.8 Å². The van der Waals surface area contributed by atoms with Gasteiger partial charge in [-0.25, -0.2) is 4.98 Å². The fourth-order valence-electron chi connectivity index (χ4n) is 3.96. The molecule has 0 spiro atoms. The van der Waals surface area contributed by atoms with Gasteiger partial charge in [0.15, 0.2) is 5.65 Å². The Kier molecular flexibility index (Phi) is 4.38. The van der Waals surface area contributed by atoms with E-state index in [9.17, 15) is 0 Å². The van der Waals surface area contributed by atoms with E-state index in [2.05, 4.69) is 15.3 Å². The van der Waals surface area contributed by atoms with Crippen molar-refractivity contribution in [2.24, 2.45) is 5.92 Å². The first-order valence-corrected chi connectivity index (χ1v) is 9.86.